The molecule has 2 aromatic carbocycles. The van der Waals surface area contributed by atoms with E-state index in [1.807, 2.05) is 74.5 Å². The Hall–Kier alpha value is -3.61. The van der Waals surface area contributed by atoms with Crippen molar-refractivity contribution >= 4 is 17.4 Å². The number of aryl methyl sites for hydroxylation is 1. The highest BCUT2D eigenvalue weighted by Crippen LogP contribution is 2.20. The number of carbonyl (C=O) groups excluding carboxylic acids is 1. The van der Waals surface area contributed by atoms with Crippen LogP contribution < -0.4 is 21.9 Å². The number of aromatic amines is 1. The van der Waals surface area contributed by atoms with E-state index < -0.39 is 11.2 Å². The van der Waals surface area contributed by atoms with Crippen LogP contribution in [0.5, 0.6) is 0 Å². The van der Waals surface area contributed by atoms with Gasteiger partial charge in [-0.1, -0.05) is 74.5 Å². The van der Waals surface area contributed by atoms with Crippen molar-refractivity contribution in [3.05, 3.63) is 92.6 Å². The Morgan fingerprint density at radius 3 is 2.16 bits per heavy atom. The van der Waals surface area contributed by atoms with E-state index in [9.17, 15) is 14.4 Å². The number of nitrogens with one attached hydrogen (secondary N) is 1. The van der Waals surface area contributed by atoms with Gasteiger partial charge in [0.05, 0.1) is 6.54 Å². The minimum atomic E-state index is -0.652. The largest absolute Gasteiger partial charge is 0.383 e. The minimum Gasteiger partial charge on any atom is -0.383 e. The lowest BCUT2D eigenvalue weighted by Gasteiger charge is -2.26. The Morgan fingerprint density at radius 1 is 1.00 bits per heavy atom. The lowest BCUT2D eigenvalue weighted by molar-refractivity contribution is -0.118. The molecule has 3 rings (SSSR count). The number of nitrogen functional groups attached to an aromatic ring is 1. The second-order valence-electron chi connectivity index (χ2n) is 7.95. The molecule has 7 heteroatoms. The molecule has 0 spiro atoms. The van der Waals surface area contributed by atoms with Crippen molar-refractivity contribution in [3.8, 4) is 0 Å². The number of hydrogen-bond donors (Lipinski definition) is 2. The Morgan fingerprint density at radius 2 is 1.58 bits per heavy atom. The number of aromatic nitrogens is 2. The topological polar surface area (TPSA) is 101 Å². The van der Waals surface area contributed by atoms with E-state index in [0.717, 1.165) is 11.1 Å². The Balaban J connectivity index is 1.96. The Labute approximate surface area is 181 Å². The third kappa shape index (κ3) is 5.51. The van der Waals surface area contributed by atoms with Gasteiger partial charge >= 0.3 is 5.69 Å². The molecule has 1 amide bonds. The second-order valence-corrected chi connectivity index (χ2v) is 7.95. The molecule has 162 valence electrons. The SMILES string of the molecule is CC(C)CN(C(=O)CCc1ccccc1)c1c(N)n(Cc2ccccc2)c(=O)[nH]c1=O. The summed E-state index contributed by atoms with van der Waals surface area (Å²) in [6.45, 7) is 4.44. The van der Waals surface area contributed by atoms with Gasteiger partial charge in [0.15, 0.2) is 5.69 Å². The van der Waals surface area contributed by atoms with E-state index in [-0.39, 0.29) is 36.3 Å². The van der Waals surface area contributed by atoms with Gasteiger partial charge in [0, 0.05) is 13.0 Å². The fourth-order valence-electron chi connectivity index (χ4n) is 3.48. The average Bonchev–Trinajstić information content (AvgIpc) is 2.75. The molecule has 1 heterocycles. The zero-order valence-corrected chi connectivity index (χ0v) is 17.9. The summed E-state index contributed by atoms with van der Waals surface area (Å²) in [5.41, 5.74) is 6.98. The predicted molar refractivity (Wildman–Crippen MR) is 123 cm³/mol. The first-order chi connectivity index (χ1) is 14.9. The third-order valence-corrected chi connectivity index (χ3v) is 4.99. The molecule has 3 N–H and O–H groups in total. The van der Waals surface area contributed by atoms with E-state index in [1.165, 1.54) is 9.47 Å². The van der Waals surface area contributed by atoms with E-state index in [4.69, 9.17) is 5.73 Å². The first-order valence-electron chi connectivity index (χ1n) is 10.4. The van der Waals surface area contributed by atoms with Crippen LogP contribution >= 0.6 is 0 Å². The number of amides is 1. The first-order valence-corrected chi connectivity index (χ1v) is 10.4. The normalized spacial score (nSPS) is 10.9. The van der Waals surface area contributed by atoms with Gasteiger partial charge in [-0.05, 0) is 23.5 Å². The smallest absolute Gasteiger partial charge is 0.330 e. The molecule has 0 aliphatic heterocycles. The van der Waals surface area contributed by atoms with Crippen LogP contribution in [0.25, 0.3) is 0 Å². The Kier molecular flexibility index (Phi) is 7.07. The monoisotopic (exact) mass is 420 g/mol. The van der Waals surface area contributed by atoms with E-state index in [1.54, 1.807) is 0 Å². The maximum absolute atomic E-state index is 13.1. The van der Waals surface area contributed by atoms with Crippen LogP contribution in [0.1, 0.15) is 31.4 Å². The lowest BCUT2D eigenvalue weighted by Crippen LogP contribution is -2.42. The van der Waals surface area contributed by atoms with E-state index in [2.05, 4.69) is 4.98 Å². The van der Waals surface area contributed by atoms with Gasteiger partial charge in [-0.2, -0.15) is 0 Å². The summed E-state index contributed by atoms with van der Waals surface area (Å²) in [5.74, 6) is -0.111. The maximum atomic E-state index is 13.1. The number of H-pyrrole nitrogens is 1. The van der Waals surface area contributed by atoms with E-state index in [0.29, 0.717) is 13.0 Å². The molecule has 7 nitrogen and oxygen atoms in total. The fraction of sp³-hybridized carbons (Fsp3) is 0.292. The number of benzene rings is 2. The molecule has 0 radical (unpaired) electrons. The van der Waals surface area contributed by atoms with Crippen LogP contribution in [0.2, 0.25) is 0 Å². The fourth-order valence-corrected chi connectivity index (χ4v) is 3.48. The van der Waals surface area contributed by atoms with Crippen LogP contribution in [0.3, 0.4) is 0 Å². The summed E-state index contributed by atoms with van der Waals surface area (Å²) < 4.78 is 1.30. The number of hydrogen-bond acceptors (Lipinski definition) is 4. The third-order valence-electron chi connectivity index (χ3n) is 4.99. The molecule has 0 unspecified atom stereocenters. The van der Waals surface area contributed by atoms with Crippen molar-refractivity contribution in [2.45, 2.75) is 33.2 Å². The molecule has 1 aromatic heterocycles. The molecule has 0 atom stereocenters. The molecular formula is C24H28N4O3. The molecule has 0 fully saturated rings. The summed E-state index contributed by atoms with van der Waals surface area (Å²) in [6.07, 6.45) is 0.781. The highest BCUT2D eigenvalue weighted by Gasteiger charge is 2.24. The molecule has 0 aliphatic rings. The zero-order chi connectivity index (χ0) is 22.4. The van der Waals surface area contributed by atoms with Crippen molar-refractivity contribution in [1.29, 1.82) is 0 Å². The first kappa shape index (κ1) is 22.1. The number of anilines is 2. The van der Waals surface area contributed by atoms with Crippen molar-refractivity contribution in [2.75, 3.05) is 17.2 Å². The number of nitrogens with zero attached hydrogens (tertiary/aromatic N) is 2. The predicted octanol–water partition coefficient (Wildman–Crippen LogP) is 2.79. The molecular weight excluding hydrogens is 392 g/mol. The second kappa shape index (κ2) is 9.93. The van der Waals surface area contributed by atoms with Gasteiger partial charge in [0.25, 0.3) is 5.56 Å². The zero-order valence-electron chi connectivity index (χ0n) is 17.9. The van der Waals surface area contributed by atoms with E-state index >= 15 is 0 Å². The van der Waals surface area contributed by atoms with Crippen molar-refractivity contribution in [3.63, 3.8) is 0 Å². The highest BCUT2D eigenvalue weighted by atomic mass is 16.2. The Bertz CT molecular complexity index is 1130. The quantitative estimate of drug-likeness (QED) is 0.585. The van der Waals surface area contributed by atoms with Crippen LogP contribution in [0.15, 0.2) is 70.3 Å². The molecule has 0 bridgehead atoms. The minimum absolute atomic E-state index is 0.00804. The van der Waals surface area contributed by atoms with Crippen molar-refractivity contribution in [2.24, 2.45) is 5.92 Å². The van der Waals surface area contributed by atoms with Gasteiger partial charge in [-0.15, -0.1) is 0 Å². The average molecular weight is 421 g/mol. The van der Waals surface area contributed by atoms with Gasteiger partial charge in [0.1, 0.15) is 5.82 Å². The van der Waals surface area contributed by atoms with Crippen molar-refractivity contribution < 1.29 is 4.79 Å². The summed E-state index contributed by atoms with van der Waals surface area (Å²) in [7, 11) is 0. The molecule has 31 heavy (non-hydrogen) atoms. The summed E-state index contributed by atoms with van der Waals surface area (Å²) in [6, 6.07) is 19.0. The van der Waals surface area contributed by atoms with Crippen LogP contribution in [0, 0.1) is 5.92 Å². The van der Waals surface area contributed by atoms with Gasteiger partial charge < -0.3 is 10.6 Å². The van der Waals surface area contributed by atoms with Crippen LogP contribution in [-0.2, 0) is 17.8 Å². The van der Waals surface area contributed by atoms with Gasteiger partial charge in [-0.3, -0.25) is 19.1 Å². The molecule has 0 saturated carbocycles. The molecule has 0 saturated heterocycles. The number of nitrogens with two attached hydrogens (primary N) is 1. The highest BCUT2D eigenvalue weighted by molar-refractivity contribution is 5.95. The lowest BCUT2D eigenvalue weighted by atomic mass is 10.1. The van der Waals surface area contributed by atoms with Gasteiger partial charge in [-0.25, -0.2) is 4.79 Å². The molecule has 0 aliphatic carbocycles. The summed E-state index contributed by atoms with van der Waals surface area (Å²) in [4.78, 5) is 42.1. The number of rotatable bonds is 8. The maximum Gasteiger partial charge on any atom is 0.330 e. The van der Waals surface area contributed by atoms with Crippen molar-refractivity contribution in [1.82, 2.24) is 9.55 Å². The number of carbonyl (C=O) groups is 1. The summed E-state index contributed by atoms with van der Waals surface area (Å²) in [5, 5.41) is 0. The van der Waals surface area contributed by atoms with Crippen LogP contribution in [-0.4, -0.2) is 22.0 Å². The molecule has 3 aromatic rings. The van der Waals surface area contributed by atoms with Crippen LogP contribution in [0.4, 0.5) is 11.5 Å². The summed E-state index contributed by atoms with van der Waals surface area (Å²) >= 11 is 0. The van der Waals surface area contributed by atoms with Gasteiger partial charge in [0.2, 0.25) is 5.91 Å². The standard InChI is InChI=1S/C24H28N4O3/c1-17(2)15-27(20(29)14-13-18-9-5-3-6-10-18)21-22(25)28(24(31)26-23(21)30)16-19-11-7-4-8-12-19/h3-12,17H,13-16,25H2,1-2H3,(H,26,30,31).